The molecule has 0 spiro atoms. The van der Waals surface area contributed by atoms with Gasteiger partial charge in [0, 0.05) is 29.9 Å². The summed E-state index contributed by atoms with van der Waals surface area (Å²) in [7, 11) is 0. The quantitative estimate of drug-likeness (QED) is 0.464. The molecule has 0 atom stereocenters. The molecular weight excluding hydrogens is 421 g/mol. The Morgan fingerprint density at radius 2 is 1.88 bits per heavy atom. The molecule has 168 valence electrons. The number of carbonyl (C=O) groups excluding carboxylic acids is 1. The molecule has 7 nitrogen and oxygen atoms in total. The lowest BCUT2D eigenvalue weighted by atomic mass is 10.1. The number of benzene rings is 2. The number of anilines is 2. The van der Waals surface area contributed by atoms with Crippen LogP contribution in [0.15, 0.2) is 59.5 Å². The van der Waals surface area contributed by atoms with Gasteiger partial charge in [0.1, 0.15) is 11.5 Å². The second kappa shape index (κ2) is 8.20. The number of amides is 1. The van der Waals surface area contributed by atoms with Crippen LogP contribution in [0, 0.1) is 12.7 Å². The van der Waals surface area contributed by atoms with Gasteiger partial charge in [0.05, 0.1) is 23.0 Å². The Morgan fingerprint density at radius 3 is 2.58 bits per heavy atom. The van der Waals surface area contributed by atoms with Crippen LogP contribution in [0.3, 0.4) is 0 Å². The molecule has 1 fully saturated rings. The number of halogens is 1. The highest BCUT2D eigenvalue weighted by molar-refractivity contribution is 5.97. The minimum atomic E-state index is -0.341. The number of aromatic nitrogens is 3. The van der Waals surface area contributed by atoms with Crippen LogP contribution in [0.4, 0.5) is 15.8 Å². The van der Waals surface area contributed by atoms with Crippen LogP contribution in [-0.2, 0) is 6.54 Å². The van der Waals surface area contributed by atoms with Gasteiger partial charge >= 0.3 is 0 Å². The van der Waals surface area contributed by atoms with Gasteiger partial charge in [-0.1, -0.05) is 6.07 Å². The second-order valence-electron chi connectivity index (χ2n) is 8.31. The molecule has 1 aliphatic carbocycles. The maximum Gasteiger partial charge on any atom is 0.254 e. The van der Waals surface area contributed by atoms with Crippen molar-refractivity contribution in [3.63, 3.8) is 0 Å². The van der Waals surface area contributed by atoms with E-state index in [2.05, 4.69) is 15.7 Å². The molecule has 4 aromatic rings. The SMILES string of the molecule is CCn1c(=O)cc(Nc2cc(C(=O)NC3CC3)ccc2C)c2cnn(-c3ccc(F)cc3)c21. The Kier molecular flexibility index (Phi) is 5.20. The molecular formula is C25H24FN5O2. The highest BCUT2D eigenvalue weighted by Crippen LogP contribution is 2.29. The molecule has 0 unspecified atom stereocenters. The first-order valence-corrected chi connectivity index (χ1v) is 11.0. The third-order valence-corrected chi connectivity index (χ3v) is 5.89. The van der Waals surface area contributed by atoms with E-state index in [1.165, 1.54) is 12.1 Å². The maximum absolute atomic E-state index is 13.4. The number of pyridine rings is 1. The number of nitrogens with zero attached hydrogens (tertiary/aromatic N) is 3. The monoisotopic (exact) mass is 445 g/mol. The second-order valence-corrected chi connectivity index (χ2v) is 8.31. The van der Waals surface area contributed by atoms with Crippen LogP contribution in [-0.4, -0.2) is 26.3 Å². The lowest BCUT2D eigenvalue weighted by molar-refractivity contribution is 0.0951. The molecule has 2 aromatic carbocycles. The molecule has 5 rings (SSSR count). The number of nitrogens with one attached hydrogen (secondary N) is 2. The zero-order valence-electron chi connectivity index (χ0n) is 18.4. The van der Waals surface area contributed by atoms with Gasteiger partial charge in [-0.3, -0.25) is 14.2 Å². The van der Waals surface area contributed by atoms with Gasteiger partial charge in [-0.2, -0.15) is 5.10 Å². The van der Waals surface area contributed by atoms with Gasteiger partial charge < -0.3 is 10.6 Å². The summed E-state index contributed by atoms with van der Waals surface area (Å²) >= 11 is 0. The van der Waals surface area contributed by atoms with E-state index in [0.29, 0.717) is 29.1 Å². The van der Waals surface area contributed by atoms with Crippen LogP contribution >= 0.6 is 0 Å². The predicted molar refractivity (Wildman–Crippen MR) is 126 cm³/mol. The van der Waals surface area contributed by atoms with E-state index in [9.17, 15) is 14.0 Å². The van der Waals surface area contributed by atoms with E-state index in [0.717, 1.165) is 29.5 Å². The van der Waals surface area contributed by atoms with Crippen molar-refractivity contribution in [1.82, 2.24) is 19.7 Å². The maximum atomic E-state index is 13.4. The topological polar surface area (TPSA) is 81.0 Å². The highest BCUT2D eigenvalue weighted by atomic mass is 19.1. The van der Waals surface area contributed by atoms with Gasteiger partial charge in [-0.05, 0) is 68.7 Å². The molecule has 0 aliphatic heterocycles. The van der Waals surface area contributed by atoms with Crippen molar-refractivity contribution in [3.05, 3.63) is 82.0 Å². The van der Waals surface area contributed by atoms with E-state index in [4.69, 9.17) is 0 Å². The average molecular weight is 445 g/mol. The van der Waals surface area contributed by atoms with Crippen LogP contribution in [0.5, 0.6) is 0 Å². The fourth-order valence-corrected chi connectivity index (χ4v) is 3.89. The van der Waals surface area contributed by atoms with Crippen molar-refractivity contribution in [2.24, 2.45) is 0 Å². The minimum Gasteiger partial charge on any atom is -0.354 e. The van der Waals surface area contributed by atoms with E-state index >= 15 is 0 Å². The molecule has 0 bridgehead atoms. The molecule has 2 N–H and O–H groups in total. The summed E-state index contributed by atoms with van der Waals surface area (Å²) in [6.45, 7) is 4.29. The predicted octanol–water partition coefficient (Wildman–Crippen LogP) is 4.29. The summed E-state index contributed by atoms with van der Waals surface area (Å²) in [4.78, 5) is 25.5. The lowest BCUT2D eigenvalue weighted by Gasteiger charge is -2.15. The van der Waals surface area contributed by atoms with Gasteiger partial charge in [0.25, 0.3) is 11.5 Å². The Labute approximate surface area is 189 Å². The first-order chi connectivity index (χ1) is 15.9. The molecule has 1 aliphatic rings. The van der Waals surface area contributed by atoms with Gasteiger partial charge in [0.15, 0.2) is 0 Å². The summed E-state index contributed by atoms with van der Waals surface area (Å²) in [6.07, 6.45) is 3.73. The molecule has 1 saturated carbocycles. The molecule has 33 heavy (non-hydrogen) atoms. The summed E-state index contributed by atoms with van der Waals surface area (Å²) in [5.41, 5.74) is 3.92. The number of hydrogen-bond donors (Lipinski definition) is 2. The van der Waals surface area contributed by atoms with Crippen molar-refractivity contribution in [2.75, 3.05) is 5.32 Å². The van der Waals surface area contributed by atoms with Crippen LogP contribution < -0.4 is 16.2 Å². The summed E-state index contributed by atoms with van der Waals surface area (Å²) in [5, 5.41) is 11.6. The van der Waals surface area contributed by atoms with E-state index in [1.54, 1.807) is 45.8 Å². The standard InChI is InChI=1S/C25H24FN5O2/c1-3-30-23(32)13-22(20-14-27-31(25(20)30)19-10-6-17(26)7-11-19)29-21-12-16(5-4-15(21)2)24(33)28-18-8-9-18/h4-7,10-14,18,29H,3,8-9H2,1-2H3,(H,28,33). The largest absolute Gasteiger partial charge is 0.354 e. The van der Waals surface area contributed by atoms with Crippen LogP contribution in [0.25, 0.3) is 16.7 Å². The fraction of sp³-hybridized carbons (Fsp3) is 0.240. The first-order valence-electron chi connectivity index (χ1n) is 11.0. The lowest BCUT2D eigenvalue weighted by Crippen LogP contribution is -2.25. The normalized spacial score (nSPS) is 13.3. The Balaban J connectivity index is 1.59. The zero-order chi connectivity index (χ0) is 23.1. The molecule has 0 radical (unpaired) electrons. The first kappa shape index (κ1) is 20.9. The molecule has 0 saturated heterocycles. The number of fused-ring (bicyclic) bond motifs is 1. The average Bonchev–Trinajstić information content (AvgIpc) is 3.51. The Morgan fingerprint density at radius 1 is 1.12 bits per heavy atom. The Hall–Kier alpha value is -3.94. The van der Waals surface area contributed by atoms with Crippen molar-refractivity contribution in [2.45, 2.75) is 39.3 Å². The van der Waals surface area contributed by atoms with Crippen LogP contribution in [0.1, 0.15) is 35.7 Å². The van der Waals surface area contributed by atoms with Crippen molar-refractivity contribution in [1.29, 1.82) is 0 Å². The van der Waals surface area contributed by atoms with Gasteiger partial charge in [-0.25, -0.2) is 9.07 Å². The van der Waals surface area contributed by atoms with Crippen molar-refractivity contribution < 1.29 is 9.18 Å². The van der Waals surface area contributed by atoms with Gasteiger partial charge in [0.2, 0.25) is 0 Å². The van der Waals surface area contributed by atoms with E-state index in [-0.39, 0.29) is 23.3 Å². The summed E-state index contributed by atoms with van der Waals surface area (Å²) < 4.78 is 16.7. The van der Waals surface area contributed by atoms with Crippen molar-refractivity contribution in [3.8, 4) is 5.69 Å². The third-order valence-electron chi connectivity index (χ3n) is 5.89. The molecule has 8 heteroatoms. The zero-order valence-corrected chi connectivity index (χ0v) is 18.4. The third kappa shape index (κ3) is 4.00. The number of carbonyl (C=O) groups is 1. The van der Waals surface area contributed by atoms with E-state index < -0.39 is 0 Å². The number of rotatable bonds is 6. The molecule has 1 amide bonds. The van der Waals surface area contributed by atoms with Crippen molar-refractivity contribution >= 4 is 28.3 Å². The number of aryl methyl sites for hydroxylation is 2. The Bertz CT molecular complexity index is 1420. The van der Waals surface area contributed by atoms with E-state index in [1.807, 2.05) is 19.9 Å². The highest BCUT2D eigenvalue weighted by Gasteiger charge is 2.24. The molecule has 2 aromatic heterocycles. The summed E-state index contributed by atoms with van der Waals surface area (Å²) in [5.74, 6) is -0.442. The molecule has 2 heterocycles. The fourth-order valence-electron chi connectivity index (χ4n) is 3.89. The van der Waals surface area contributed by atoms with Gasteiger partial charge in [-0.15, -0.1) is 0 Å². The number of hydrogen-bond acceptors (Lipinski definition) is 4. The minimum absolute atomic E-state index is 0.101. The smallest absolute Gasteiger partial charge is 0.254 e. The van der Waals surface area contributed by atoms with Crippen LogP contribution in [0.2, 0.25) is 0 Å². The summed E-state index contributed by atoms with van der Waals surface area (Å²) in [6, 6.07) is 13.3.